The predicted molar refractivity (Wildman–Crippen MR) is 88.5 cm³/mol. The van der Waals surface area contributed by atoms with Gasteiger partial charge in [0.1, 0.15) is 10.7 Å². The number of thioether (sulfide) groups is 1. The van der Waals surface area contributed by atoms with E-state index in [1.54, 1.807) is 37.0 Å². The molecule has 0 atom stereocenters. The summed E-state index contributed by atoms with van der Waals surface area (Å²) in [6, 6.07) is 3.56. The van der Waals surface area contributed by atoms with Crippen LogP contribution in [-0.4, -0.2) is 27.0 Å². The van der Waals surface area contributed by atoms with E-state index in [0.717, 1.165) is 16.7 Å². The molecule has 0 aliphatic heterocycles. The summed E-state index contributed by atoms with van der Waals surface area (Å²) in [6.07, 6.45) is 8.28. The molecule has 1 N–H and O–H groups in total. The first-order valence-electron chi connectivity index (χ1n) is 7.92. The maximum absolute atomic E-state index is 12.5. The van der Waals surface area contributed by atoms with Gasteiger partial charge in [-0.1, -0.05) is 24.4 Å². The zero-order chi connectivity index (χ0) is 16.1. The van der Waals surface area contributed by atoms with Gasteiger partial charge in [0.2, 0.25) is 5.82 Å². The van der Waals surface area contributed by atoms with Gasteiger partial charge in [0.25, 0.3) is 5.91 Å². The molecule has 0 unspecified atom stereocenters. The van der Waals surface area contributed by atoms with Gasteiger partial charge in [-0.15, -0.1) is 11.8 Å². The number of hydrogen-bond donors (Lipinski definition) is 1. The van der Waals surface area contributed by atoms with E-state index < -0.39 is 0 Å². The van der Waals surface area contributed by atoms with E-state index in [1.807, 2.05) is 0 Å². The van der Waals surface area contributed by atoms with Crippen LogP contribution in [0.4, 0.5) is 5.82 Å². The van der Waals surface area contributed by atoms with Crippen molar-refractivity contribution in [3.05, 3.63) is 29.6 Å². The minimum Gasteiger partial charge on any atom is -0.302 e. The Morgan fingerprint density at radius 1 is 1.35 bits per heavy atom. The number of anilines is 1. The van der Waals surface area contributed by atoms with Gasteiger partial charge < -0.3 is 5.32 Å². The number of pyridine rings is 1. The van der Waals surface area contributed by atoms with Gasteiger partial charge >= 0.3 is 0 Å². The molecule has 0 radical (unpaired) electrons. The molecule has 1 saturated carbocycles. The lowest BCUT2D eigenvalue weighted by Crippen LogP contribution is -2.15. The standard InChI is InChI=1S/C16H20N4O2S/c1-11-14(20-22-19-11)18-15(21)13-8-5-9-17-16(13)23-10-12-6-3-2-4-7-12/h5,8-9,12H,2-4,6-7,10H2,1H3,(H,18,20,21). The Hall–Kier alpha value is -1.89. The van der Waals surface area contributed by atoms with Crippen molar-refractivity contribution in [3.8, 4) is 0 Å². The predicted octanol–water partition coefficient (Wildman–Crippen LogP) is 3.70. The van der Waals surface area contributed by atoms with Gasteiger partial charge in [0, 0.05) is 11.9 Å². The Labute approximate surface area is 139 Å². The Morgan fingerprint density at radius 3 is 2.91 bits per heavy atom. The zero-order valence-electron chi connectivity index (χ0n) is 13.1. The topological polar surface area (TPSA) is 80.9 Å². The highest BCUT2D eigenvalue weighted by Crippen LogP contribution is 2.30. The van der Waals surface area contributed by atoms with Crippen LogP contribution in [0.3, 0.4) is 0 Å². The third-order valence-electron chi connectivity index (χ3n) is 4.08. The maximum Gasteiger partial charge on any atom is 0.259 e. The van der Waals surface area contributed by atoms with Crippen LogP contribution >= 0.6 is 11.8 Å². The average molecular weight is 332 g/mol. The van der Waals surface area contributed by atoms with Crippen molar-refractivity contribution in [3.63, 3.8) is 0 Å². The van der Waals surface area contributed by atoms with Crippen molar-refractivity contribution in [2.24, 2.45) is 5.92 Å². The molecule has 7 heteroatoms. The lowest BCUT2D eigenvalue weighted by atomic mass is 9.91. The molecule has 2 aromatic rings. The van der Waals surface area contributed by atoms with Gasteiger partial charge in [-0.25, -0.2) is 9.61 Å². The number of carbonyl (C=O) groups excluding carboxylic acids is 1. The van der Waals surface area contributed by atoms with Gasteiger partial charge in [-0.3, -0.25) is 4.79 Å². The van der Waals surface area contributed by atoms with E-state index in [2.05, 4.69) is 25.2 Å². The van der Waals surface area contributed by atoms with Crippen LogP contribution in [-0.2, 0) is 0 Å². The normalized spacial score (nSPS) is 15.5. The van der Waals surface area contributed by atoms with Gasteiger partial charge in [-0.05, 0) is 43.0 Å². The number of aryl methyl sites for hydroxylation is 1. The molecule has 0 aromatic carbocycles. The minimum absolute atomic E-state index is 0.233. The molecule has 2 aromatic heterocycles. The number of aromatic nitrogens is 3. The fourth-order valence-electron chi connectivity index (χ4n) is 2.75. The molecular weight excluding hydrogens is 312 g/mol. The molecular formula is C16H20N4O2S. The van der Waals surface area contributed by atoms with Gasteiger partial charge in [0.05, 0.1) is 5.56 Å². The van der Waals surface area contributed by atoms with Gasteiger partial charge in [0.15, 0.2) is 0 Å². The second-order valence-corrected chi connectivity index (χ2v) is 6.83. The third-order valence-corrected chi connectivity index (χ3v) is 5.32. The minimum atomic E-state index is -0.233. The SMILES string of the molecule is Cc1nonc1NC(=O)c1cccnc1SCC1CCCCC1. The summed E-state index contributed by atoms with van der Waals surface area (Å²) in [4.78, 5) is 16.8. The maximum atomic E-state index is 12.5. The second-order valence-electron chi connectivity index (χ2n) is 5.82. The Morgan fingerprint density at radius 2 is 2.17 bits per heavy atom. The average Bonchev–Trinajstić information content (AvgIpc) is 2.99. The van der Waals surface area contributed by atoms with Crippen LogP contribution < -0.4 is 5.32 Å². The first kappa shape index (κ1) is 16.0. The van der Waals surface area contributed by atoms with Crippen molar-refractivity contribution in [1.82, 2.24) is 15.3 Å². The van der Waals surface area contributed by atoms with Crippen molar-refractivity contribution < 1.29 is 9.42 Å². The molecule has 0 saturated heterocycles. The number of amides is 1. The summed E-state index contributed by atoms with van der Waals surface area (Å²) < 4.78 is 4.60. The second kappa shape index (κ2) is 7.59. The number of rotatable bonds is 5. The van der Waals surface area contributed by atoms with Crippen LogP contribution in [0.25, 0.3) is 0 Å². The van der Waals surface area contributed by atoms with Crippen LogP contribution in [0.1, 0.15) is 48.2 Å². The molecule has 1 amide bonds. The molecule has 6 nitrogen and oxygen atoms in total. The Kier molecular flexibility index (Phi) is 5.27. The largest absolute Gasteiger partial charge is 0.302 e. The van der Waals surface area contributed by atoms with Crippen molar-refractivity contribution >= 4 is 23.5 Å². The van der Waals surface area contributed by atoms with Crippen LogP contribution in [0, 0.1) is 12.8 Å². The number of nitrogens with zero attached hydrogens (tertiary/aromatic N) is 3. The molecule has 1 fully saturated rings. The molecule has 1 aliphatic rings. The van der Waals surface area contributed by atoms with E-state index in [-0.39, 0.29) is 5.91 Å². The Bertz CT molecular complexity index is 668. The van der Waals surface area contributed by atoms with Crippen molar-refractivity contribution in [1.29, 1.82) is 0 Å². The molecule has 1 aliphatic carbocycles. The first-order valence-corrected chi connectivity index (χ1v) is 8.91. The molecule has 2 heterocycles. The van der Waals surface area contributed by atoms with Crippen LogP contribution in [0.5, 0.6) is 0 Å². The lowest BCUT2D eigenvalue weighted by molar-refractivity contribution is 0.102. The van der Waals surface area contributed by atoms with Gasteiger partial charge in [-0.2, -0.15) is 0 Å². The van der Waals surface area contributed by atoms with Crippen molar-refractivity contribution in [2.75, 3.05) is 11.1 Å². The number of nitrogens with one attached hydrogen (secondary N) is 1. The summed E-state index contributed by atoms with van der Waals surface area (Å²) in [5.74, 6) is 1.86. The van der Waals surface area contributed by atoms with Crippen molar-refractivity contribution in [2.45, 2.75) is 44.1 Å². The molecule has 23 heavy (non-hydrogen) atoms. The van der Waals surface area contributed by atoms with Crippen LogP contribution in [0.15, 0.2) is 28.0 Å². The Balaban J connectivity index is 1.67. The number of hydrogen-bond acceptors (Lipinski definition) is 6. The fraction of sp³-hybridized carbons (Fsp3) is 0.500. The summed E-state index contributed by atoms with van der Waals surface area (Å²) in [5, 5.41) is 10.8. The zero-order valence-corrected chi connectivity index (χ0v) is 13.9. The van der Waals surface area contributed by atoms with E-state index in [9.17, 15) is 4.79 Å². The highest BCUT2D eigenvalue weighted by atomic mass is 32.2. The monoisotopic (exact) mass is 332 g/mol. The van der Waals surface area contributed by atoms with E-state index in [1.165, 1.54) is 32.1 Å². The quantitative estimate of drug-likeness (QED) is 0.841. The summed E-state index contributed by atoms with van der Waals surface area (Å²) in [5.41, 5.74) is 1.12. The number of carbonyl (C=O) groups is 1. The summed E-state index contributed by atoms with van der Waals surface area (Å²) in [6.45, 7) is 1.73. The molecule has 122 valence electrons. The van der Waals surface area contributed by atoms with E-state index >= 15 is 0 Å². The highest BCUT2D eigenvalue weighted by molar-refractivity contribution is 7.99. The molecule has 0 spiro atoms. The smallest absolute Gasteiger partial charge is 0.259 e. The van der Waals surface area contributed by atoms with Crippen LogP contribution in [0.2, 0.25) is 0 Å². The van der Waals surface area contributed by atoms with E-state index in [0.29, 0.717) is 17.1 Å². The summed E-state index contributed by atoms with van der Waals surface area (Å²) >= 11 is 1.67. The molecule has 3 rings (SSSR count). The third kappa shape index (κ3) is 4.10. The molecule has 0 bridgehead atoms. The van der Waals surface area contributed by atoms with E-state index in [4.69, 9.17) is 0 Å². The fourth-order valence-corrected chi connectivity index (χ4v) is 3.93. The summed E-state index contributed by atoms with van der Waals surface area (Å²) in [7, 11) is 0. The highest BCUT2D eigenvalue weighted by Gasteiger charge is 2.18. The first-order chi connectivity index (χ1) is 11.2. The lowest BCUT2D eigenvalue weighted by Gasteiger charge is -2.21.